The molecule has 19 heavy (non-hydrogen) atoms. The monoisotopic (exact) mass is 348 g/mol. The Hall–Kier alpha value is 0.0600. The standard InChI is InChI=1S/C14H25BrN2OS/c1-14(2,3)16-7-12(9-18-5)17(4)8-11-6-13(15)19-10-11/h6,10,12,16H,7-9H2,1-5H3. The molecule has 0 bridgehead atoms. The van der Waals surface area contributed by atoms with Crippen LogP contribution >= 0.6 is 27.3 Å². The van der Waals surface area contributed by atoms with Crippen LogP contribution in [0.1, 0.15) is 26.3 Å². The van der Waals surface area contributed by atoms with E-state index in [0.717, 1.165) is 19.7 Å². The number of ether oxygens (including phenoxy) is 1. The van der Waals surface area contributed by atoms with Gasteiger partial charge in [0.25, 0.3) is 0 Å². The van der Waals surface area contributed by atoms with Crippen LogP contribution in [-0.2, 0) is 11.3 Å². The second-order valence-electron chi connectivity index (χ2n) is 5.91. The van der Waals surface area contributed by atoms with Crippen molar-refractivity contribution in [2.45, 2.75) is 38.9 Å². The fourth-order valence-electron chi connectivity index (χ4n) is 1.80. The molecule has 0 saturated heterocycles. The lowest BCUT2D eigenvalue weighted by atomic mass is 10.1. The van der Waals surface area contributed by atoms with E-state index in [1.165, 1.54) is 9.35 Å². The summed E-state index contributed by atoms with van der Waals surface area (Å²) >= 11 is 5.24. The van der Waals surface area contributed by atoms with E-state index in [9.17, 15) is 0 Å². The Morgan fingerprint density at radius 2 is 2.16 bits per heavy atom. The van der Waals surface area contributed by atoms with Crippen molar-refractivity contribution in [3.05, 3.63) is 20.8 Å². The van der Waals surface area contributed by atoms with Crippen LogP contribution in [0.5, 0.6) is 0 Å². The van der Waals surface area contributed by atoms with Gasteiger partial charge in [0.1, 0.15) is 0 Å². The molecule has 110 valence electrons. The average molecular weight is 349 g/mol. The first-order valence-electron chi connectivity index (χ1n) is 6.49. The SMILES string of the molecule is COCC(CNC(C)(C)C)N(C)Cc1csc(Br)c1. The molecule has 5 heteroatoms. The summed E-state index contributed by atoms with van der Waals surface area (Å²) in [6, 6.07) is 2.56. The summed E-state index contributed by atoms with van der Waals surface area (Å²) in [4.78, 5) is 2.34. The van der Waals surface area contributed by atoms with Crippen LogP contribution in [0.3, 0.4) is 0 Å². The fraction of sp³-hybridized carbons (Fsp3) is 0.714. The summed E-state index contributed by atoms with van der Waals surface area (Å²) in [7, 11) is 3.92. The summed E-state index contributed by atoms with van der Waals surface area (Å²) in [6.07, 6.45) is 0. The molecule has 0 amide bonds. The van der Waals surface area contributed by atoms with Gasteiger partial charge in [0.05, 0.1) is 10.4 Å². The van der Waals surface area contributed by atoms with Gasteiger partial charge in [-0.3, -0.25) is 4.90 Å². The molecule has 0 radical (unpaired) electrons. The van der Waals surface area contributed by atoms with E-state index in [1.54, 1.807) is 18.4 Å². The molecular formula is C14H25BrN2OS. The lowest BCUT2D eigenvalue weighted by molar-refractivity contribution is 0.0973. The summed E-state index contributed by atoms with van der Waals surface area (Å²) in [5, 5.41) is 5.75. The number of hydrogen-bond acceptors (Lipinski definition) is 4. The minimum Gasteiger partial charge on any atom is -0.383 e. The van der Waals surface area contributed by atoms with E-state index in [-0.39, 0.29) is 5.54 Å². The molecule has 1 heterocycles. The van der Waals surface area contributed by atoms with Gasteiger partial charge in [-0.15, -0.1) is 11.3 Å². The van der Waals surface area contributed by atoms with Crippen LogP contribution in [0, 0.1) is 0 Å². The number of nitrogens with zero attached hydrogens (tertiary/aromatic N) is 1. The van der Waals surface area contributed by atoms with Crippen molar-refractivity contribution < 1.29 is 4.74 Å². The van der Waals surface area contributed by atoms with Crippen LogP contribution in [0.2, 0.25) is 0 Å². The highest BCUT2D eigenvalue weighted by Crippen LogP contribution is 2.22. The van der Waals surface area contributed by atoms with Gasteiger partial charge in [0.15, 0.2) is 0 Å². The van der Waals surface area contributed by atoms with Gasteiger partial charge < -0.3 is 10.1 Å². The molecule has 0 fully saturated rings. The highest BCUT2D eigenvalue weighted by atomic mass is 79.9. The molecule has 1 rings (SSSR count). The molecular weight excluding hydrogens is 324 g/mol. The Kier molecular flexibility index (Phi) is 6.97. The van der Waals surface area contributed by atoms with E-state index in [2.05, 4.69) is 65.4 Å². The van der Waals surface area contributed by atoms with Gasteiger partial charge in [0.2, 0.25) is 0 Å². The van der Waals surface area contributed by atoms with Crippen molar-refractivity contribution in [2.75, 3.05) is 27.3 Å². The number of methoxy groups -OCH3 is 1. The van der Waals surface area contributed by atoms with Crippen LogP contribution in [0.25, 0.3) is 0 Å². The van der Waals surface area contributed by atoms with Crippen molar-refractivity contribution in [2.24, 2.45) is 0 Å². The summed E-state index contributed by atoms with van der Waals surface area (Å²) in [5.41, 5.74) is 1.48. The van der Waals surface area contributed by atoms with Gasteiger partial charge in [-0.2, -0.15) is 0 Å². The molecule has 1 aromatic rings. The van der Waals surface area contributed by atoms with Crippen LogP contribution in [0.15, 0.2) is 15.2 Å². The maximum atomic E-state index is 5.34. The molecule has 1 unspecified atom stereocenters. The molecule has 1 aromatic heterocycles. The maximum absolute atomic E-state index is 5.34. The second-order valence-corrected chi connectivity index (χ2v) is 8.20. The molecule has 0 spiro atoms. The van der Waals surface area contributed by atoms with Gasteiger partial charge in [-0.1, -0.05) is 0 Å². The van der Waals surface area contributed by atoms with Crippen LogP contribution in [-0.4, -0.2) is 43.8 Å². The third-order valence-corrected chi connectivity index (χ3v) is 4.46. The Balaban J connectivity index is 2.54. The lowest BCUT2D eigenvalue weighted by Crippen LogP contribution is -2.48. The minimum absolute atomic E-state index is 0.137. The average Bonchev–Trinajstić information content (AvgIpc) is 2.68. The topological polar surface area (TPSA) is 24.5 Å². The number of thiophene rings is 1. The number of nitrogens with one attached hydrogen (secondary N) is 1. The maximum Gasteiger partial charge on any atom is 0.0701 e. The molecule has 0 aliphatic rings. The quantitative estimate of drug-likeness (QED) is 0.817. The largest absolute Gasteiger partial charge is 0.383 e. The predicted octanol–water partition coefficient (Wildman–Crippen LogP) is 3.35. The smallest absolute Gasteiger partial charge is 0.0701 e. The fourth-order valence-corrected chi connectivity index (χ4v) is 3.00. The normalized spacial score (nSPS) is 14.1. The molecule has 0 aliphatic carbocycles. The van der Waals surface area contributed by atoms with Gasteiger partial charge in [0, 0.05) is 31.8 Å². The molecule has 0 aliphatic heterocycles. The van der Waals surface area contributed by atoms with Crippen LogP contribution in [0.4, 0.5) is 0 Å². The van der Waals surface area contributed by atoms with E-state index in [1.807, 2.05) is 0 Å². The van der Waals surface area contributed by atoms with Gasteiger partial charge >= 0.3 is 0 Å². The highest BCUT2D eigenvalue weighted by molar-refractivity contribution is 9.11. The minimum atomic E-state index is 0.137. The lowest BCUT2D eigenvalue weighted by Gasteiger charge is -2.31. The number of halogens is 1. The predicted molar refractivity (Wildman–Crippen MR) is 86.9 cm³/mol. The first-order chi connectivity index (χ1) is 8.81. The van der Waals surface area contributed by atoms with Crippen LogP contribution < -0.4 is 5.32 Å². The van der Waals surface area contributed by atoms with E-state index < -0.39 is 0 Å². The van der Waals surface area contributed by atoms with Crippen molar-refractivity contribution in [1.82, 2.24) is 10.2 Å². The third-order valence-electron chi connectivity index (χ3n) is 2.90. The molecule has 0 saturated carbocycles. The van der Waals surface area contributed by atoms with Gasteiger partial charge in [-0.25, -0.2) is 0 Å². The third kappa shape index (κ3) is 6.86. The Morgan fingerprint density at radius 3 is 2.63 bits per heavy atom. The molecule has 3 nitrogen and oxygen atoms in total. The van der Waals surface area contributed by atoms with Crippen molar-refractivity contribution in [3.63, 3.8) is 0 Å². The zero-order valence-electron chi connectivity index (χ0n) is 12.5. The summed E-state index contributed by atoms with van der Waals surface area (Å²) < 4.78 is 6.53. The molecule has 1 N–H and O–H groups in total. The molecule has 0 aromatic carbocycles. The summed E-state index contributed by atoms with van der Waals surface area (Å²) in [5.74, 6) is 0. The van der Waals surface area contributed by atoms with Crippen molar-refractivity contribution in [3.8, 4) is 0 Å². The van der Waals surface area contributed by atoms with E-state index >= 15 is 0 Å². The van der Waals surface area contributed by atoms with Crippen molar-refractivity contribution >= 4 is 27.3 Å². The Morgan fingerprint density at radius 1 is 1.47 bits per heavy atom. The van der Waals surface area contributed by atoms with Gasteiger partial charge in [-0.05, 0) is 60.8 Å². The number of rotatable bonds is 7. The second kappa shape index (κ2) is 7.74. The number of likely N-dealkylation sites (N-methyl/N-ethyl adjacent to an activating group) is 1. The van der Waals surface area contributed by atoms with Crippen molar-refractivity contribution in [1.29, 1.82) is 0 Å². The van der Waals surface area contributed by atoms with E-state index in [4.69, 9.17) is 4.74 Å². The summed E-state index contributed by atoms with van der Waals surface area (Å²) in [6.45, 7) is 9.18. The zero-order valence-corrected chi connectivity index (χ0v) is 14.9. The number of hydrogen-bond donors (Lipinski definition) is 1. The zero-order chi connectivity index (χ0) is 14.5. The molecule has 1 atom stereocenters. The van der Waals surface area contributed by atoms with E-state index in [0.29, 0.717) is 6.04 Å². The first kappa shape index (κ1) is 17.1. The Bertz CT molecular complexity index is 376. The Labute approximate surface area is 129 Å². The highest BCUT2D eigenvalue weighted by Gasteiger charge is 2.18. The first-order valence-corrected chi connectivity index (χ1v) is 8.16.